The van der Waals surface area contributed by atoms with Crippen molar-refractivity contribution < 1.29 is 17.9 Å². The van der Waals surface area contributed by atoms with E-state index in [1.807, 2.05) is 6.92 Å². The van der Waals surface area contributed by atoms with Crippen LogP contribution in [0.2, 0.25) is 0 Å². The van der Waals surface area contributed by atoms with Crippen LogP contribution >= 0.6 is 0 Å². The number of ether oxygens (including phenoxy) is 1. The molecule has 0 aliphatic heterocycles. The van der Waals surface area contributed by atoms with Gasteiger partial charge in [0.1, 0.15) is 6.61 Å². The number of sulfonamides is 1. The van der Waals surface area contributed by atoms with Crippen LogP contribution in [0, 0.1) is 6.92 Å². The van der Waals surface area contributed by atoms with Crippen LogP contribution in [-0.2, 0) is 16.6 Å². The highest BCUT2D eigenvalue weighted by atomic mass is 32.2. The molecule has 9 nitrogen and oxygen atoms in total. The zero-order valence-electron chi connectivity index (χ0n) is 16.7. The lowest BCUT2D eigenvalue weighted by atomic mass is 10.2. The number of nitrogens with zero attached hydrogens (tertiary/aromatic N) is 4. The highest BCUT2D eigenvalue weighted by molar-refractivity contribution is 7.92. The number of carbonyl (C=O) groups excluding carboxylic acids is 1. The largest absolute Gasteiger partial charge is 0.470 e. The number of amides is 1. The maximum atomic E-state index is 12.7. The summed E-state index contributed by atoms with van der Waals surface area (Å²) < 4.78 is 33.6. The summed E-state index contributed by atoms with van der Waals surface area (Å²) in [6, 6.07) is 9.91. The first-order valence-corrected chi connectivity index (χ1v) is 10.4. The number of aromatic nitrogens is 3. The van der Waals surface area contributed by atoms with Gasteiger partial charge in [0.05, 0.1) is 11.1 Å². The minimum absolute atomic E-state index is 0.0273. The smallest absolute Gasteiger partial charge is 0.273 e. The Balaban J connectivity index is 1.93. The number of aryl methyl sites for hydroxylation is 1. The molecule has 1 N–H and O–H groups in total. The van der Waals surface area contributed by atoms with Gasteiger partial charge in [-0.05, 0) is 25.1 Å². The Kier molecular flexibility index (Phi) is 6.26. The molecular weight excluding hydrogens is 406 g/mol. The number of rotatable bonds is 7. The number of nitrogens with one attached hydrogen (secondary N) is 1. The molecule has 1 amide bonds. The second-order valence-corrected chi connectivity index (χ2v) is 8.36. The Bertz CT molecular complexity index is 1130. The number of carbonyl (C=O) groups is 1. The molecule has 1 aromatic carbocycles. The third-order valence-corrected chi connectivity index (χ3v) is 5.38. The summed E-state index contributed by atoms with van der Waals surface area (Å²) in [4.78, 5) is 25.9. The average molecular weight is 427 g/mol. The van der Waals surface area contributed by atoms with E-state index in [-0.39, 0.29) is 34.8 Å². The molecule has 0 aliphatic rings. The van der Waals surface area contributed by atoms with Crippen molar-refractivity contribution in [3.05, 3.63) is 71.8 Å². The lowest BCUT2D eigenvalue weighted by Gasteiger charge is -2.14. The highest BCUT2D eigenvalue weighted by Gasteiger charge is 2.21. The van der Waals surface area contributed by atoms with E-state index in [0.717, 1.165) is 11.1 Å². The molecule has 156 valence electrons. The molecule has 0 atom stereocenters. The van der Waals surface area contributed by atoms with Gasteiger partial charge in [0, 0.05) is 32.1 Å². The normalized spacial score (nSPS) is 11.0. The number of anilines is 1. The summed E-state index contributed by atoms with van der Waals surface area (Å²) >= 11 is 0. The van der Waals surface area contributed by atoms with Crippen LogP contribution < -0.4 is 9.46 Å². The third-order valence-electron chi connectivity index (χ3n) is 4.03. The second-order valence-electron chi connectivity index (χ2n) is 6.68. The van der Waals surface area contributed by atoms with Gasteiger partial charge >= 0.3 is 0 Å². The van der Waals surface area contributed by atoms with Crippen LogP contribution in [0.25, 0.3) is 0 Å². The van der Waals surface area contributed by atoms with Gasteiger partial charge in [0.15, 0.2) is 5.69 Å². The fourth-order valence-corrected chi connectivity index (χ4v) is 3.42. The van der Waals surface area contributed by atoms with Crippen molar-refractivity contribution >= 4 is 21.7 Å². The van der Waals surface area contributed by atoms with Crippen LogP contribution in [0.4, 0.5) is 5.82 Å². The number of hydrogen-bond donors (Lipinski definition) is 1. The maximum absolute atomic E-state index is 12.7. The summed E-state index contributed by atoms with van der Waals surface area (Å²) in [5.41, 5.74) is 1.70. The molecule has 10 heteroatoms. The van der Waals surface area contributed by atoms with Crippen LogP contribution in [0.3, 0.4) is 0 Å². The maximum Gasteiger partial charge on any atom is 0.273 e. The van der Waals surface area contributed by atoms with E-state index >= 15 is 0 Å². The summed E-state index contributed by atoms with van der Waals surface area (Å²) in [5, 5.41) is 0. The highest BCUT2D eigenvalue weighted by Crippen LogP contribution is 2.24. The average Bonchev–Trinajstić information content (AvgIpc) is 2.73. The molecule has 30 heavy (non-hydrogen) atoms. The quantitative estimate of drug-likeness (QED) is 0.615. The van der Waals surface area contributed by atoms with Crippen molar-refractivity contribution in [1.82, 2.24) is 19.9 Å². The molecule has 2 heterocycles. The standard InChI is InChI=1S/C20H21N5O4S/c1-14-6-8-16(9-7-14)30(27,28)24-18-19(29-13-15-5-4-10-21-11-15)23-17(12-22-18)20(26)25(2)3/h4-12H,13H2,1-3H3,(H,22,24). The molecule has 0 unspecified atom stereocenters. The van der Waals surface area contributed by atoms with Crippen molar-refractivity contribution in [2.45, 2.75) is 18.4 Å². The number of pyridine rings is 1. The van der Waals surface area contributed by atoms with E-state index in [9.17, 15) is 13.2 Å². The molecular formula is C20H21N5O4S. The first-order chi connectivity index (χ1) is 14.3. The SMILES string of the molecule is Cc1ccc(S(=O)(=O)Nc2ncc(C(=O)N(C)C)nc2OCc2cccnc2)cc1. The third kappa shape index (κ3) is 5.09. The lowest BCUT2D eigenvalue weighted by Crippen LogP contribution is -2.24. The molecule has 2 aromatic heterocycles. The summed E-state index contributed by atoms with van der Waals surface area (Å²) in [6.45, 7) is 1.93. The van der Waals surface area contributed by atoms with Gasteiger partial charge in [0.2, 0.25) is 5.82 Å². The number of benzene rings is 1. The van der Waals surface area contributed by atoms with Gasteiger partial charge in [-0.2, -0.15) is 0 Å². The molecule has 0 fully saturated rings. The first kappa shape index (κ1) is 21.2. The monoisotopic (exact) mass is 427 g/mol. The Morgan fingerprint density at radius 2 is 1.87 bits per heavy atom. The Morgan fingerprint density at radius 1 is 1.13 bits per heavy atom. The van der Waals surface area contributed by atoms with Crippen LogP contribution in [-0.4, -0.2) is 48.3 Å². The minimum atomic E-state index is -3.93. The molecule has 0 aliphatic carbocycles. The molecule has 0 saturated carbocycles. The van der Waals surface area contributed by atoms with E-state index in [1.54, 1.807) is 50.8 Å². The van der Waals surface area contributed by atoms with Crippen molar-refractivity contribution in [2.24, 2.45) is 0 Å². The molecule has 0 spiro atoms. The Labute approximate surface area is 174 Å². The molecule has 3 rings (SSSR count). The Morgan fingerprint density at radius 3 is 2.50 bits per heavy atom. The summed E-state index contributed by atoms with van der Waals surface area (Å²) in [7, 11) is -0.770. The van der Waals surface area contributed by atoms with Gasteiger partial charge < -0.3 is 9.64 Å². The van der Waals surface area contributed by atoms with Gasteiger partial charge in [-0.25, -0.2) is 18.4 Å². The second kappa shape index (κ2) is 8.87. The summed E-state index contributed by atoms with van der Waals surface area (Å²) in [5.74, 6) is -0.612. The fraction of sp³-hybridized carbons (Fsp3) is 0.200. The topological polar surface area (TPSA) is 114 Å². The van der Waals surface area contributed by atoms with E-state index in [1.165, 1.54) is 23.2 Å². The van der Waals surface area contributed by atoms with Crippen molar-refractivity contribution in [2.75, 3.05) is 18.8 Å². The molecule has 0 saturated heterocycles. The molecule has 0 bridgehead atoms. The van der Waals surface area contributed by atoms with Gasteiger partial charge in [-0.3, -0.25) is 14.5 Å². The fourth-order valence-electron chi connectivity index (χ4n) is 2.41. The molecule has 0 radical (unpaired) electrons. The van der Waals surface area contributed by atoms with Crippen molar-refractivity contribution in [1.29, 1.82) is 0 Å². The van der Waals surface area contributed by atoms with E-state index in [0.29, 0.717) is 0 Å². The van der Waals surface area contributed by atoms with Crippen LogP contribution in [0.5, 0.6) is 5.88 Å². The first-order valence-electron chi connectivity index (χ1n) is 8.96. The zero-order chi connectivity index (χ0) is 21.7. The van der Waals surface area contributed by atoms with Gasteiger partial charge in [0.25, 0.3) is 21.8 Å². The lowest BCUT2D eigenvalue weighted by molar-refractivity contribution is 0.0820. The van der Waals surface area contributed by atoms with Gasteiger partial charge in [-0.15, -0.1) is 0 Å². The predicted octanol–water partition coefficient (Wildman–Crippen LogP) is 2.26. The van der Waals surface area contributed by atoms with Crippen LogP contribution in [0.1, 0.15) is 21.6 Å². The Hall–Kier alpha value is -3.53. The van der Waals surface area contributed by atoms with Crippen LogP contribution in [0.15, 0.2) is 59.9 Å². The van der Waals surface area contributed by atoms with E-state index in [2.05, 4.69) is 19.7 Å². The van der Waals surface area contributed by atoms with Crippen molar-refractivity contribution in [3.8, 4) is 5.88 Å². The van der Waals surface area contributed by atoms with Gasteiger partial charge in [-0.1, -0.05) is 23.8 Å². The van der Waals surface area contributed by atoms with Crippen molar-refractivity contribution in [3.63, 3.8) is 0 Å². The number of hydrogen-bond acceptors (Lipinski definition) is 7. The zero-order valence-corrected chi connectivity index (χ0v) is 17.5. The van der Waals surface area contributed by atoms with E-state index in [4.69, 9.17) is 4.74 Å². The van der Waals surface area contributed by atoms with E-state index < -0.39 is 10.0 Å². The summed E-state index contributed by atoms with van der Waals surface area (Å²) in [6.07, 6.45) is 4.44. The predicted molar refractivity (Wildman–Crippen MR) is 111 cm³/mol. The minimum Gasteiger partial charge on any atom is -0.470 e. The molecule has 3 aromatic rings.